The van der Waals surface area contributed by atoms with Gasteiger partial charge in [-0.3, -0.25) is 14.4 Å². The molecule has 2 aliphatic carbocycles. The van der Waals surface area contributed by atoms with Crippen LogP contribution in [0.5, 0.6) is 0 Å². The Kier molecular flexibility index (Phi) is 7.60. The molecule has 0 radical (unpaired) electrons. The van der Waals surface area contributed by atoms with E-state index in [-0.39, 0.29) is 23.7 Å². The average molecular weight is 466 g/mol. The number of hydrogen-bond acceptors (Lipinski definition) is 3. The van der Waals surface area contributed by atoms with Gasteiger partial charge in [-0.2, -0.15) is 0 Å². The number of carbonyl (C=O) groups excluding carboxylic acids is 3. The molecule has 0 aromatic heterocycles. The lowest BCUT2D eigenvalue weighted by atomic mass is 9.74. The molecular formula is C27H32FN3O3. The largest absolute Gasteiger partial charge is 0.368 e. The average Bonchev–Trinajstić information content (AvgIpc) is 3.66. The predicted molar refractivity (Wildman–Crippen MR) is 127 cm³/mol. The van der Waals surface area contributed by atoms with Crippen LogP contribution >= 0.6 is 0 Å². The predicted octanol–water partition coefficient (Wildman–Crippen LogP) is 3.65. The van der Waals surface area contributed by atoms with Crippen molar-refractivity contribution in [3.05, 3.63) is 71.0 Å². The van der Waals surface area contributed by atoms with Gasteiger partial charge in [0, 0.05) is 18.4 Å². The lowest BCUT2D eigenvalue weighted by Gasteiger charge is -2.32. The zero-order valence-corrected chi connectivity index (χ0v) is 19.3. The normalized spacial score (nSPS) is 20.9. The molecule has 7 heteroatoms. The molecular weight excluding hydrogens is 433 g/mol. The highest BCUT2D eigenvalue weighted by molar-refractivity contribution is 5.89. The molecule has 6 nitrogen and oxygen atoms in total. The molecule has 1 unspecified atom stereocenters. The standard InChI is InChI=1S/C27H32FN3O3/c28-20-12-10-19(11-13-20)25(26(29)33)31-27(34)23-4-2-1-3-22(23)18-8-5-17(6-9-18)7-16-24(32)30-21-14-15-21/h5-6,8-13,21-23,25H,1-4,7,14-16H2,(H2,29,33)(H,30,32)(H,31,34)/t22?,23-,25-/m1/s1. The Bertz CT molecular complexity index is 1020. The van der Waals surface area contributed by atoms with E-state index >= 15 is 0 Å². The van der Waals surface area contributed by atoms with Crippen molar-refractivity contribution >= 4 is 17.7 Å². The molecule has 4 rings (SSSR count). The van der Waals surface area contributed by atoms with Crippen molar-refractivity contribution < 1.29 is 18.8 Å². The molecule has 2 fully saturated rings. The topological polar surface area (TPSA) is 101 Å². The van der Waals surface area contributed by atoms with Gasteiger partial charge in [0.25, 0.3) is 0 Å². The van der Waals surface area contributed by atoms with Gasteiger partial charge in [-0.1, -0.05) is 49.2 Å². The van der Waals surface area contributed by atoms with Crippen molar-refractivity contribution in [1.82, 2.24) is 10.6 Å². The second-order valence-electron chi connectivity index (χ2n) is 9.48. The van der Waals surface area contributed by atoms with Crippen molar-refractivity contribution in [3.8, 4) is 0 Å². The second-order valence-corrected chi connectivity index (χ2v) is 9.48. The summed E-state index contributed by atoms with van der Waals surface area (Å²) in [5.74, 6) is -1.44. The molecule has 2 aliphatic rings. The van der Waals surface area contributed by atoms with Crippen LogP contribution < -0.4 is 16.4 Å². The van der Waals surface area contributed by atoms with Crippen LogP contribution in [0.2, 0.25) is 0 Å². The van der Waals surface area contributed by atoms with Gasteiger partial charge in [0.2, 0.25) is 17.7 Å². The summed E-state index contributed by atoms with van der Waals surface area (Å²) in [6.45, 7) is 0. The smallest absolute Gasteiger partial charge is 0.244 e. The Morgan fingerprint density at radius 3 is 2.26 bits per heavy atom. The first-order valence-electron chi connectivity index (χ1n) is 12.1. The number of aryl methyl sites for hydroxylation is 1. The molecule has 0 saturated heterocycles. The number of primary amides is 1. The minimum absolute atomic E-state index is 0.0442. The van der Waals surface area contributed by atoms with Crippen molar-refractivity contribution in [2.45, 2.75) is 69.4 Å². The third-order valence-corrected chi connectivity index (χ3v) is 6.87. The first-order valence-corrected chi connectivity index (χ1v) is 12.1. The van der Waals surface area contributed by atoms with E-state index in [1.807, 2.05) is 12.1 Å². The van der Waals surface area contributed by atoms with Gasteiger partial charge >= 0.3 is 0 Å². The van der Waals surface area contributed by atoms with Crippen LogP contribution in [0.3, 0.4) is 0 Å². The van der Waals surface area contributed by atoms with Gasteiger partial charge in [-0.25, -0.2) is 4.39 Å². The van der Waals surface area contributed by atoms with E-state index in [0.717, 1.165) is 49.7 Å². The minimum atomic E-state index is -1.00. The van der Waals surface area contributed by atoms with E-state index in [4.69, 9.17) is 5.73 Å². The van der Waals surface area contributed by atoms with E-state index in [1.54, 1.807) is 0 Å². The molecule has 2 saturated carbocycles. The number of hydrogen-bond donors (Lipinski definition) is 3. The summed E-state index contributed by atoms with van der Waals surface area (Å²) >= 11 is 0. The van der Waals surface area contributed by atoms with Gasteiger partial charge in [0.15, 0.2) is 0 Å². The maximum Gasteiger partial charge on any atom is 0.244 e. The van der Waals surface area contributed by atoms with Crippen molar-refractivity contribution in [3.63, 3.8) is 0 Å². The molecule has 0 heterocycles. The maximum atomic E-state index is 13.3. The zero-order valence-electron chi connectivity index (χ0n) is 19.3. The Morgan fingerprint density at radius 2 is 1.62 bits per heavy atom. The molecule has 2 aromatic rings. The molecule has 3 amide bonds. The van der Waals surface area contributed by atoms with E-state index in [9.17, 15) is 18.8 Å². The fourth-order valence-corrected chi connectivity index (χ4v) is 4.78. The highest BCUT2D eigenvalue weighted by atomic mass is 19.1. The zero-order chi connectivity index (χ0) is 24.1. The molecule has 2 aromatic carbocycles. The number of rotatable bonds is 9. The van der Waals surface area contributed by atoms with Gasteiger partial charge < -0.3 is 16.4 Å². The van der Waals surface area contributed by atoms with E-state index < -0.39 is 17.8 Å². The fourth-order valence-electron chi connectivity index (χ4n) is 4.78. The number of amides is 3. The van der Waals surface area contributed by atoms with Crippen LogP contribution in [0.4, 0.5) is 4.39 Å². The molecule has 4 N–H and O–H groups in total. The summed E-state index contributed by atoms with van der Waals surface area (Å²) < 4.78 is 13.3. The number of carbonyl (C=O) groups is 3. The summed E-state index contributed by atoms with van der Waals surface area (Å²) in [4.78, 5) is 37.2. The van der Waals surface area contributed by atoms with Crippen LogP contribution in [-0.4, -0.2) is 23.8 Å². The number of halogens is 1. The lowest BCUT2D eigenvalue weighted by Crippen LogP contribution is -2.42. The molecule has 0 bridgehead atoms. The Balaban J connectivity index is 1.40. The van der Waals surface area contributed by atoms with E-state index in [2.05, 4.69) is 22.8 Å². The Labute approximate surface area is 199 Å². The van der Waals surface area contributed by atoms with Gasteiger partial charge in [0.1, 0.15) is 11.9 Å². The van der Waals surface area contributed by atoms with Gasteiger partial charge in [-0.15, -0.1) is 0 Å². The molecule has 180 valence electrons. The molecule has 34 heavy (non-hydrogen) atoms. The van der Waals surface area contributed by atoms with Crippen molar-refractivity contribution in [2.75, 3.05) is 0 Å². The number of nitrogens with one attached hydrogen (secondary N) is 2. The Hall–Kier alpha value is -3.22. The highest BCUT2D eigenvalue weighted by Gasteiger charge is 2.34. The fraction of sp³-hybridized carbons (Fsp3) is 0.444. The van der Waals surface area contributed by atoms with E-state index in [0.29, 0.717) is 24.4 Å². The SMILES string of the molecule is NC(=O)[C@H](NC(=O)[C@@H]1CCCCC1c1ccc(CCC(=O)NC2CC2)cc1)c1ccc(F)cc1. The molecule has 3 atom stereocenters. The lowest BCUT2D eigenvalue weighted by molar-refractivity contribution is -0.131. The highest BCUT2D eigenvalue weighted by Crippen LogP contribution is 2.38. The second kappa shape index (κ2) is 10.8. The molecule has 0 aliphatic heterocycles. The first kappa shape index (κ1) is 23.9. The van der Waals surface area contributed by atoms with Crippen LogP contribution in [0.15, 0.2) is 48.5 Å². The third kappa shape index (κ3) is 6.22. The summed E-state index contributed by atoms with van der Waals surface area (Å²) in [6.07, 6.45) is 6.93. The summed E-state index contributed by atoms with van der Waals surface area (Å²) in [7, 11) is 0. The molecule has 0 spiro atoms. The van der Waals surface area contributed by atoms with Crippen LogP contribution in [0.25, 0.3) is 0 Å². The monoisotopic (exact) mass is 465 g/mol. The van der Waals surface area contributed by atoms with Gasteiger partial charge in [-0.05, 0) is 66.8 Å². The minimum Gasteiger partial charge on any atom is -0.368 e. The summed E-state index contributed by atoms with van der Waals surface area (Å²) in [5, 5.41) is 5.81. The first-order chi connectivity index (χ1) is 16.4. The third-order valence-electron chi connectivity index (χ3n) is 6.87. The van der Waals surface area contributed by atoms with Crippen molar-refractivity contribution in [1.29, 1.82) is 0 Å². The van der Waals surface area contributed by atoms with Crippen LogP contribution in [-0.2, 0) is 20.8 Å². The number of nitrogens with two attached hydrogens (primary N) is 1. The van der Waals surface area contributed by atoms with Gasteiger partial charge in [0.05, 0.1) is 0 Å². The Morgan fingerprint density at radius 1 is 0.941 bits per heavy atom. The van der Waals surface area contributed by atoms with E-state index in [1.165, 1.54) is 24.3 Å². The maximum absolute atomic E-state index is 13.3. The summed E-state index contributed by atoms with van der Waals surface area (Å²) in [5.41, 5.74) is 8.19. The summed E-state index contributed by atoms with van der Waals surface area (Å²) in [6, 6.07) is 13.0. The van der Waals surface area contributed by atoms with Crippen LogP contribution in [0.1, 0.15) is 73.6 Å². The van der Waals surface area contributed by atoms with Crippen molar-refractivity contribution in [2.24, 2.45) is 11.7 Å². The number of benzene rings is 2. The quantitative estimate of drug-likeness (QED) is 0.527. The van der Waals surface area contributed by atoms with Crippen LogP contribution in [0, 0.1) is 11.7 Å².